The molecule has 1 fully saturated rings. The van der Waals surface area contributed by atoms with Crippen LogP contribution in [0.25, 0.3) is 0 Å². The Balaban J connectivity index is 2.63. The lowest BCUT2D eigenvalue weighted by Gasteiger charge is -2.23. The van der Waals surface area contributed by atoms with E-state index in [9.17, 15) is 19.5 Å². The van der Waals surface area contributed by atoms with Crippen molar-refractivity contribution in [3.05, 3.63) is 0 Å². The fourth-order valence-corrected chi connectivity index (χ4v) is 3.22. The highest BCUT2D eigenvalue weighted by atomic mass is 16.6. The van der Waals surface area contributed by atoms with E-state index >= 15 is 0 Å². The van der Waals surface area contributed by atoms with E-state index in [0.29, 0.717) is 31.5 Å². The van der Waals surface area contributed by atoms with E-state index in [4.69, 9.17) is 9.84 Å². The minimum atomic E-state index is -1.06. The summed E-state index contributed by atoms with van der Waals surface area (Å²) in [6.07, 6.45) is 1.02. The maximum absolute atomic E-state index is 11.9. The van der Waals surface area contributed by atoms with Crippen molar-refractivity contribution < 1.29 is 29.3 Å². The highest BCUT2D eigenvalue weighted by Crippen LogP contribution is 2.37. The molecule has 0 radical (unpaired) electrons. The molecule has 126 valence electrons. The zero-order valence-corrected chi connectivity index (χ0v) is 13.4. The average Bonchev–Trinajstić information content (AvgIpc) is 2.64. The fourth-order valence-electron chi connectivity index (χ4n) is 3.22. The van der Waals surface area contributed by atoms with Crippen LogP contribution in [0.5, 0.6) is 0 Å². The first-order valence-corrected chi connectivity index (χ1v) is 7.80. The highest BCUT2D eigenvalue weighted by Gasteiger charge is 2.44. The number of hydrogen-bond acceptors (Lipinski definition) is 5. The molecule has 0 aromatic rings. The Morgan fingerprint density at radius 1 is 1.32 bits per heavy atom. The van der Waals surface area contributed by atoms with Crippen LogP contribution in [0.3, 0.4) is 0 Å². The van der Waals surface area contributed by atoms with Gasteiger partial charge in [-0.15, -0.1) is 0 Å². The molecule has 0 aliphatic carbocycles. The molecule has 1 rings (SSSR count). The van der Waals surface area contributed by atoms with Crippen molar-refractivity contribution in [3.8, 4) is 0 Å². The van der Waals surface area contributed by atoms with E-state index in [1.165, 1.54) is 0 Å². The second kappa shape index (κ2) is 8.27. The molecule has 0 bridgehead atoms. The van der Waals surface area contributed by atoms with E-state index in [1.54, 1.807) is 0 Å². The van der Waals surface area contributed by atoms with Gasteiger partial charge in [0.15, 0.2) is 0 Å². The molecular formula is C16H26O6. The number of carbonyl (C=O) groups is 3. The molecule has 1 aliphatic heterocycles. The molecule has 0 spiro atoms. The van der Waals surface area contributed by atoms with Crippen molar-refractivity contribution in [3.63, 3.8) is 0 Å². The predicted molar refractivity (Wildman–Crippen MR) is 78.7 cm³/mol. The van der Waals surface area contributed by atoms with E-state index in [2.05, 4.69) is 0 Å². The molecule has 1 saturated heterocycles. The van der Waals surface area contributed by atoms with Gasteiger partial charge in [-0.1, -0.05) is 20.8 Å². The van der Waals surface area contributed by atoms with Crippen molar-refractivity contribution in [1.29, 1.82) is 0 Å². The second-order valence-corrected chi connectivity index (χ2v) is 6.80. The number of cyclic esters (lactones) is 1. The first-order valence-electron chi connectivity index (χ1n) is 7.80. The maximum Gasteiger partial charge on any atom is 0.311 e. The smallest absolute Gasteiger partial charge is 0.311 e. The van der Waals surface area contributed by atoms with E-state index in [0.717, 1.165) is 0 Å². The zero-order valence-electron chi connectivity index (χ0n) is 13.4. The van der Waals surface area contributed by atoms with Gasteiger partial charge in [0.1, 0.15) is 6.29 Å². The highest BCUT2D eigenvalue weighted by molar-refractivity contribution is 5.75. The molecule has 0 saturated carbocycles. The topological polar surface area (TPSA) is 101 Å². The summed E-state index contributed by atoms with van der Waals surface area (Å²) in [7, 11) is 0. The minimum absolute atomic E-state index is 0.00654. The molecule has 6 heteroatoms. The molecule has 6 nitrogen and oxygen atoms in total. The van der Waals surface area contributed by atoms with Gasteiger partial charge in [-0.05, 0) is 31.1 Å². The van der Waals surface area contributed by atoms with Crippen molar-refractivity contribution in [2.75, 3.05) is 0 Å². The molecular weight excluding hydrogens is 288 g/mol. The SMILES string of the molecule is CC(C)CC1C(O)OC(=O)C1CC(C)CC(C=O)CC(=O)O. The molecule has 0 aromatic heterocycles. The Bertz CT molecular complexity index is 405. The van der Waals surface area contributed by atoms with Crippen LogP contribution in [0.15, 0.2) is 0 Å². The lowest BCUT2D eigenvalue weighted by molar-refractivity contribution is -0.157. The van der Waals surface area contributed by atoms with Gasteiger partial charge >= 0.3 is 11.9 Å². The second-order valence-electron chi connectivity index (χ2n) is 6.80. The Morgan fingerprint density at radius 2 is 1.95 bits per heavy atom. The monoisotopic (exact) mass is 314 g/mol. The number of ether oxygens (including phenoxy) is 1. The third-order valence-electron chi connectivity index (χ3n) is 4.16. The average molecular weight is 314 g/mol. The van der Waals surface area contributed by atoms with Gasteiger partial charge in [0.2, 0.25) is 6.29 Å². The van der Waals surface area contributed by atoms with Crippen LogP contribution in [0.2, 0.25) is 0 Å². The maximum atomic E-state index is 11.9. The van der Waals surface area contributed by atoms with Crippen LogP contribution in [0.4, 0.5) is 0 Å². The van der Waals surface area contributed by atoms with Crippen molar-refractivity contribution in [2.24, 2.45) is 29.6 Å². The molecule has 5 atom stereocenters. The van der Waals surface area contributed by atoms with Crippen LogP contribution < -0.4 is 0 Å². The number of aliphatic hydroxyl groups is 1. The van der Waals surface area contributed by atoms with Gasteiger partial charge in [-0.25, -0.2) is 0 Å². The van der Waals surface area contributed by atoms with Gasteiger partial charge in [-0.3, -0.25) is 9.59 Å². The first-order chi connectivity index (χ1) is 10.2. The molecule has 22 heavy (non-hydrogen) atoms. The summed E-state index contributed by atoms with van der Waals surface area (Å²) in [6.45, 7) is 5.93. The minimum Gasteiger partial charge on any atom is -0.481 e. The molecule has 1 aliphatic rings. The van der Waals surface area contributed by atoms with Gasteiger partial charge in [0.05, 0.1) is 12.3 Å². The lowest BCUT2D eigenvalue weighted by atomic mass is 9.79. The van der Waals surface area contributed by atoms with Gasteiger partial charge < -0.3 is 19.7 Å². The first kappa shape index (κ1) is 18.6. The Hall–Kier alpha value is -1.43. The number of hydrogen-bond donors (Lipinski definition) is 2. The van der Waals surface area contributed by atoms with Crippen LogP contribution in [-0.4, -0.2) is 34.7 Å². The quantitative estimate of drug-likeness (QED) is 0.497. The van der Waals surface area contributed by atoms with Crippen LogP contribution >= 0.6 is 0 Å². The van der Waals surface area contributed by atoms with Crippen LogP contribution in [0.1, 0.15) is 46.5 Å². The van der Waals surface area contributed by atoms with Gasteiger partial charge in [-0.2, -0.15) is 0 Å². The van der Waals surface area contributed by atoms with E-state index in [-0.39, 0.29) is 24.2 Å². The molecule has 0 aromatic carbocycles. The van der Waals surface area contributed by atoms with Gasteiger partial charge in [0, 0.05) is 11.8 Å². The third-order valence-corrected chi connectivity index (χ3v) is 4.16. The summed E-state index contributed by atoms with van der Waals surface area (Å²) in [5, 5.41) is 18.6. The van der Waals surface area contributed by atoms with Crippen molar-refractivity contribution in [1.82, 2.24) is 0 Å². The number of carboxylic acids is 1. The number of esters is 1. The summed E-state index contributed by atoms with van der Waals surface area (Å²) in [5.41, 5.74) is 0. The summed E-state index contributed by atoms with van der Waals surface area (Å²) < 4.78 is 4.94. The van der Waals surface area contributed by atoms with E-state index in [1.807, 2.05) is 20.8 Å². The number of carbonyl (C=O) groups excluding carboxylic acids is 2. The third kappa shape index (κ3) is 5.40. The Morgan fingerprint density at radius 3 is 2.45 bits per heavy atom. The largest absolute Gasteiger partial charge is 0.481 e. The number of rotatable bonds is 9. The predicted octanol–water partition coefficient (Wildman–Crippen LogP) is 1.85. The Labute approximate surface area is 130 Å². The normalized spacial score (nSPS) is 27.5. The number of aliphatic hydroxyl groups excluding tert-OH is 1. The summed E-state index contributed by atoms with van der Waals surface area (Å²) in [5.74, 6) is -2.22. The summed E-state index contributed by atoms with van der Waals surface area (Å²) in [6, 6.07) is 0. The Kier molecular flexibility index (Phi) is 7.00. The molecule has 2 N–H and O–H groups in total. The molecule has 0 amide bonds. The molecule has 5 unspecified atom stereocenters. The zero-order chi connectivity index (χ0) is 16.9. The number of aldehydes is 1. The van der Waals surface area contributed by atoms with Gasteiger partial charge in [0.25, 0.3) is 0 Å². The van der Waals surface area contributed by atoms with Crippen molar-refractivity contribution in [2.45, 2.75) is 52.7 Å². The van der Waals surface area contributed by atoms with Crippen LogP contribution in [-0.2, 0) is 19.1 Å². The lowest BCUT2D eigenvalue weighted by Crippen LogP contribution is -2.25. The number of carboxylic acid groups (broad SMARTS) is 1. The van der Waals surface area contributed by atoms with Crippen molar-refractivity contribution >= 4 is 18.2 Å². The number of aliphatic carboxylic acids is 1. The fraction of sp³-hybridized carbons (Fsp3) is 0.812. The summed E-state index contributed by atoms with van der Waals surface area (Å²) in [4.78, 5) is 33.5. The molecule has 1 heterocycles. The summed E-state index contributed by atoms with van der Waals surface area (Å²) >= 11 is 0. The van der Waals surface area contributed by atoms with E-state index < -0.39 is 24.1 Å². The standard InChI is InChI=1S/C16H26O6/c1-9(2)4-12-13(16(21)22-15(12)20)6-10(3)5-11(8-17)7-14(18)19/h8-13,15,20H,4-7H2,1-3H3,(H,18,19). The van der Waals surface area contributed by atoms with Crippen LogP contribution in [0, 0.1) is 29.6 Å².